The maximum absolute atomic E-state index is 11.6. The lowest BCUT2D eigenvalue weighted by Crippen LogP contribution is -2.68. The summed E-state index contributed by atoms with van der Waals surface area (Å²) in [6.07, 6.45) is 16.9. The van der Waals surface area contributed by atoms with Gasteiger partial charge in [0.15, 0.2) is 0 Å². The molecule has 274 valence electrons. The average Bonchev–Trinajstić information content (AvgIpc) is 3.45. The van der Waals surface area contributed by atoms with Gasteiger partial charge in [-0.2, -0.15) is 0 Å². The Morgan fingerprint density at radius 1 is 0.900 bits per heavy atom. The molecule has 7 aliphatic rings. The van der Waals surface area contributed by atoms with Crippen molar-refractivity contribution < 1.29 is 14.6 Å². The van der Waals surface area contributed by atoms with Gasteiger partial charge in [0.05, 0.1) is 18.8 Å². The summed E-state index contributed by atoms with van der Waals surface area (Å²) in [5.41, 5.74) is 6.17. The highest BCUT2D eigenvalue weighted by Gasteiger charge is 2.70. The Bertz CT molecular complexity index is 1530. The molecule has 9 atom stereocenters. The van der Waals surface area contributed by atoms with Gasteiger partial charge in [0.2, 0.25) is 0 Å². The first kappa shape index (κ1) is 35.1. The maximum Gasteiger partial charge on any atom is 0.335 e. The van der Waals surface area contributed by atoms with Gasteiger partial charge in [0.1, 0.15) is 0 Å². The van der Waals surface area contributed by atoms with Crippen LogP contribution < -0.4 is 5.32 Å². The van der Waals surface area contributed by atoms with Crippen molar-refractivity contribution in [3.8, 4) is 0 Å². The van der Waals surface area contributed by atoms with Crippen LogP contribution >= 0.6 is 0 Å². The summed E-state index contributed by atoms with van der Waals surface area (Å²) < 4.78 is 5.59. The molecule has 8 rings (SSSR count). The molecule has 2 heterocycles. The summed E-state index contributed by atoms with van der Waals surface area (Å²) in [5.74, 6) is 2.57. The maximum atomic E-state index is 11.6. The van der Waals surface area contributed by atoms with E-state index in [-0.39, 0.29) is 16.4 Å². The molecule has 6 fully saturated rings. The number of hydrogen-bond acceptors (Lipinski definition) is 4. The Labute approximate surface area is 303 Å². The molecule has 1 spiro atoms. The summed E-state index contributed by atoms with van der Waals surface area (Å²) in [7, 11) is 0. The van der Waals surface area contributed by atoms with Crippen LogP contribution in [0, 0.1) is 56.7 Å². The highest BCUT2D eigenvalue weighted by Crippen LogP contribution is 2.76. The molecular weight excluding hydrogens is 617 g/mol. The number of benzene rings is 1. The number of aromatic carboxylic acids is 1. The lowest BCUT2D eigenvalue weighted by molar-refractivity contribution is -0.219. The number of ether oxygens (including phenoxy) is 1. The van der Waals surface area contributed by atoms with Crippen molar-refractivity contribution >= 4 is 11.5 Å². The molecular formula is C45H66N2O3. The number of piperidine rings is 1. The number of carboxylic acids is 1. The second-order valence-corrected chi connectivity index (χ2v) is 20.0. The normalized spacial score (nSPS) is 43.1. The van der Waals surface area contributed by atoms with E-state index < -0.39 is 5.97 Å². The molecule has 0 radical (unpaired) electrons. The first-order valence-corrected chi connectivity index (χ1v) is 20.4. The number of allylic oxidation sites excluding steroid dienone is 3. The smallest absolute Gasteiger partial charge is 0.335 e. The number of carbonyl (C=O) groups is 1. The van der Waals surface area contributed by atoms with E-state index in [0.717, 1.165) is 38.0 Å². The van der Waals surface area contributed by atoms with Crippen LogP contribution in [0.15, 0.2) is 42.5 Å². The minimum atomic E-state index is -0.852. The van der Waals surface area contributed by atoms with Crippen LogP contribution in [0.4, 0.5) is 0 Å². The number of rotatable bonds is 7. The standard InChI is InChI=1S/C45H66N2O3/c1-30(2)33-14-19-45(46-24-27-47-25-22-44(23-26-47)28-50-29-44)21-20-42(6)35(38(33)45)12-13-37-41(5)17-15-34(31-8-10-32(11-9-31)39(48)49)40(3,4)36(41)16-18-43(37,42)7/h8-11,15,33,35-38,46H,1,12-14,16-29H2,2-7H3,(H,48,49)/t33-,35+,36-,37+,38+,41-,42+,43+,45-/m0/s1. The molecule has 5 aliphatic carbocycles. The molecule has 5 heteroatoms. The van der Waals surface area contributed by atoms with Gasteiger partial charge in [-0.25, -0.2) is 4.79 Å². The number of likely N-dealkylation sites (tertiary alicyclic amines) is 1. The summed E-state index contributed by atoms with van der Waals surface area (Å²) >= 11 is 0. The quantitative estimate of drug-likeness (QED) is 0.281. The van der Waals surface area contributed by atoms with Gasteiger partial charge in [-0.15, -0.1) is 0 Å². The second kappa shape index (κ2) is 12.0. The Balaban J connectivity index is 1.03. The molecule has 1 aromatic carbocycles. The van der Waals surface area contributed by atoms with Gasteiger partial charge in [-0.3, -0.25) is 0 Å². The summed E-state index contributed by atoms with van der Waals surface area (Å²) in [4.78, 5) is 14.3. The molecule has 5 nitrogen and oxygen atoms in total. The topological polar surface area (TPSA) is 61.8 Å². The van der Waals surface area contributed by atoms with Gasteiger partial charge in [-0.05, 0) is 165 Å². The SMILES string of the molecule is C=C(C)[C@@H]1CC[C@]2(NCCN3CCC4(CC3)COC4)CC[C@]3(C)[C@H](CC[C@@H]4[C@@]5(C)CC=C(c6ccc(C(=O)O)cc6)C(C)(C)[C@@H]5CC[C@]43C)[C@@H]12. The molecule has 2 N–H and O–H groups in total. The fourth-order valence-corrected chi connectivity index (χ4v) is 14.7. The second-order valence-electron chi connectivity index (χ2n) is 20.0. The van der Waals surface area contributed by atoms with E-state index in [2.05, 4.69) is 64.4 Å². The van der Waals surface area contributed by atoms with Gasteiger partial charge in [-0.1, -0.05) is 65.0 Å². The minimum Gasteiger partial charge on any atom is -0.478 e. The van der Waals surface area contributed by atoms with E-state index in [1.165, 1.54) is 101 Å². The van der Waals surface area contributed by atoms with E-state index >= 15 is 0 Å². The van der Waals surface area contributed by atoms with Crippen LogP contribution in [0.25, 0.3) is 5.57 Å². The third kappa shape index (κ3) is 5.05. The van der Waals surface area contributed by atoms with Crippen LogP contribution in [-0.2, 0) is 4.74 Å². The van der Waals surface area contributed by atoms with E-state index in [1.807, 2.05) is 12.1 Å². The first-order valence-electron chi connectivity index (χ1n) is 20.4. The molecule has 0 unspecified atom stereocenters. The number of nitrogens with one attached hydrogen (secondary N) is 1. The van der Waals surface area contributed by atoms with Gasteiger partial charge >= 0.3 is 5.97 Å². The van der Waals surface area contributed by atoms with Gasteiger partial charge in [0, 0.05) is 24.0 Å². The van der Waals surface area contributed by atoms with E-state index in [1.54, 1.807) is 12.1 Å². The molecule has 0 aromatic heterocycles. The highest BCUT2D eigenvalue weighted by atomic mass is 16.5. The predicted molar refractivity (Wildman–Crippen MR) is 203 cm³/mol. The highest BCUT2D eigenvalue weighted by molar-refractivity contribution is 5.88. The van der Waals surface area contributed by atoms with E-state index in [4.69, 9.17) is 4.74 Å². The molecule has 2 aliphatic heterocycles. The molecule has 0 amide bonds. The lowest BCUT2D eigenvalue weighted by atomic mass is 9.33. The number of hydrogen-bond donors (Lipinski definition) is 2. The predicted octanol–water partition coefficient (Wildman–Crippen LogP) is 9.49. The largest absolute Gasteiger partial charge is 0.478 e. The van der Waals surface area contributed by atoms with E-state index in [9.17, 15) is 9.90 Å². The van der Waals surface area contributed by atoms with Crippen molar-refractivity contribution in [1.29, 1.82) is 0 Å². The first-order chi connectivity index (χ1) is 23.7. The van der Waals surface area contributed by atoms with Crippen LogP contribution in [-0.4, -0.2) is 60.9 Å². The monoisotopic (exact) mass is 683 g/mol. The Morgan fingerprint density at radius 3 is 2.26 bits per heavy atom. The fraction of sp³-hybridized carbons (Fsp3) is 0.756. The van der Waals surface area contributed by atoms with Crippen molar-refractivity contribution in [1.82, 2.24) is 10.2 Å². The van der Waals surface area contributed by atoms with Crippen LogP contribution in [0.1, 0.15) is 128 Å². The zero-order valence-corrected chi connectivity index (χ0v) is 32.2. The lowest BCUT2D eigenvalue weighted by Gasteiger charge is -2.72. The molecule has 4 saturated carbocycles. The van der Waals surface area contributed by atoms with Crippen molar-refractivity contribution in [2.24, 2.45) is 56.7 Å². The molecule has 1 aromatic rings. The van der Waals surface area contributed by atoms with Crippen LogP contribution in [0.2, 0.25) is 0 Å². The summed E-state index contributed by atoms with van der Waals surface area (Å²) in [6.45, 7) is 26.9. The number of carboxylic acid groups (broad SMARTS) is 1. The zero-order valence-electron chi connectivity index (χ0n) is 32.2. The van der Waals surface area contributed by atoms with Gasteiger partial charge in [0.25, 0.3) is 0 Å². The molecule has 2 saturated heterocycles. The average molecular weight is 683 g/mol. The summed E-state index contributed by atoms with van der Waals surface area (Å²) in [6, 6.07) is 7.67. The molecule has 50 heavy (non-hydrogen) atoms. The number of fused-ring (bicyclic) bond motifs is 7. The molecule has 0 bridgehead atoms. The Kier molecular flexibility index (Phi) is 8.45. The third-order valence-electron chi connectivity index (χ3n) is 17.7. The zero-order chi connectivity index (χ0) is 35.3. The van der Waals surface area contributed by atoms with Crippen LogP contribution in [0.3, 0.4) is 0 Å². The fourth-order valence-electron chi connectivity index (χ4n) is 14.7. The van der Waals surface area contributed by atoms with Crippen LogP contribution in [0.5, 0.6) is 0 Å². The number of nitrogens with zero attached hydrogens (tertiary/aromatic N) is 1. The van der Waals surface area contributed by atoms with Crippen molar-refractivity contribution in [2.45, 2.75) is 118 Å². The third-order valence-corrected chi connectivity index (χ3v) is 17.7. The van der Waals surface area contributed by atoms with Gasteiger partial charge < -0.3 is 20.1 Å². The summed E-state index contributed by atoms with van der Waals surface area (Å²) in [5, 5.41) is 13.9. The van der Waals surface area contributed by atoms with Crippen molar-refractivity contribution in [3.05, 3.63) is 53.6 Å². The minimum absolute atomic E-state index is 0.0412. The van der Waals surface area contributed by atoms with Crippen molar-refractivity contribution in [3.63, 3.8) is 0 Å². The van der Waals surface area contributed by atoms with E-state index in [0.29, 0.717) is 39.6 Å². The van der Waals surface area contributed by atoms with Crippen molar-refractivity contribution in [2.75, 3.05) is 39.4 Å². The Morgan fingerprint density at radius 2 is 1.62 bits per heavy atom. The Hall–Kier alpha value is -1.95.